The van der Waals surface area contributed by atoms with Crippen molar-refractivity contribution in [2.24, 2.45) is 0 Å². The van der Waals surface area contributed by atoms with Gasteiger partial charge in [0.05, 0.1) is 0 Å². The lowest BCUT2D eigenvalue weighted by atomic mass is 10.0. The number of hydrogen-bond donors (Lipinski definition) is 3. The summed E-state index contributed by atoms with van der Waals surface area (Å²) in [5, 5.41) is 8.70. The molecule has 0 aliphatic rings. The van der Waals surface area contributed by atoms with E-state index in [1.54, 1.807) is 36.4 Å². The topological polar surface area (TPSA) is 70.2 Å². The molecule has 31 heavy (non-hydrogen) atoms. The van der Waals surface area contributed by atoms with Crippen molar-refractivity contribution in [1.29, 1.82) is 0 Å². The van der Waals surface area contributed by atoms with Crippen LogP contribution in [-0.2, 0) is 0 Å². The highest BCUT2D eigenvalue weighted by molar-refractivity contribution is 7.80. The van der Waals surface area contributed by atoms with Gasteiger partial charge >= 0.3 is 0 Å². The van der Waals surface area contributed by atoms with E-state index in [0.29, 0.717) is 16.8 Å². The van der Waals surface area contributed by atoms with Crippen LogP contribution in [0.25, 0.3) is 11.1 Å². The maximum Gasteiger partial charge on any atom is 0.257 e. The van der Waals surface area contributed by atoms with Gasteiger partial charge in [-0.3, -0.25) is 14.9 Å². The second kappa shape index (κ2) is 9.53. The summed E-state index contributed by atoms with van der Waals surface area (Å²) in [7, 11) is 0. The molecule has 2 amide bonds. The van der Waals surface area contributed by atoms with E-state index in [-0.39, 0.29) is 22.5 Å². The van der Waals surface area contributed by atoms with E-state index >= 15 is 0 Å². The zero-order chi connectivity index (χ0) is 22.4. The first-order chi connectivity index (χ1) is 14.7. The molecule has 3 aromatic rings. The van der Waals surface area contributed by atoms with Crippen LogP contribution in [0.5, 0.6) is 0 Å². The molecule has 3 N–H and O–H groups in total. The number of rotatable bonds is 4. The first kappa shape index (κ1) is 22.2. The maximum atomic E-state index is 12.5. The summed E-state index contributed by atoms with van der Waals surface area (Å²) >= 11 is 5.27. The zero-order valence-corrected chi connectivity index (χ0v) is 18.5. The lowest BCUT2D eigenvalue weighted by Crippen LogP contribution is -2.40. The third-order valence-corrected chi connectivity index (χ3v) is 4.56. The molecule has 3 aromatic carbocycles. The van der Waals surface area contributed by atoms with Gasteiger partial charge in [-0.1, -0.05) is 48.5 Å². The monoisotopic (exact) mass is 431 g/mol. The van der Waals surface area contributed by atoms with E-state index < -0.39 is 0 Å². The number of thiocarbonyl (C=S) groups is 1. The molecule has 0 radical (unpaired) electrons. The molecule has 0 saturated heterocycles. The molecule has 158 valence electrons. The third kappa shape index (κ3) is 6.49. The van der Waals surface area contributed by atoms with Crippen LogP contribution < -0.4 is 16.0 Å². The summed E-state index contributed by atoms with van der Waals surface area (Å²) in [5.74, 6) is -0.483. The molecular formula is C25H25N3O2S. The van der Waals surface area contributed by atoms with Gasteiger partial charge in [0.25, 0.3) is 11.8 Å². The number of amides is 2. The van der Waals surface area contributed by atoms with Crippen molar-refractivity contribution < 1.29 is 9.59 Å². The number of benzene rings is 3. The van der Waals surface area contributed by atoms with Crippen LogP contribution in [0.15, 0.2) is 78.9 Å². The lowest BCUT2D eigenvalue weighted by molar-refractivity contribution is 0.0918. The number of carbonyl (C=O) groups excluding carboxylic acids is 2. The smallest absolute Gasteiger partial charge is 0.257 e. The van der Waals surface area contributed by atoms with Gasteiger partial charge in [0.1, 0.15) is 0 Å². The predicted octanol–water partition coefficient (Wildman–Crippen LogP) is 5.01. The first-order valence-electron chi connectivity index (χ1n) is 9.92. The zero-order valence-electron chi connectivity index (χ0n) is 17.7. The fraction of sp³-hybridized carbons (Fsp3) is 0.160. The second-order valence-electron chi connectivity index (χ2n) is 8.14. The molecule has 3 rings (SSSR count). The summed E-state index contributed by atoms with van der Waals surface area (Å²) in [6.07, 6.45) is 0. The fourth-order valence-corrected chi connectivity index (χ4v) is 3.14. The van der Waals surface area contributed by atoms with Crippen molar-refractivity contribution in [3.63, 3.8) is 0 Å². The molecule has 6 heteroatoms. The molecule has 5 nitrogen and oxygen atoms in total. The molecule has 0 fully saturated rings. The summed E-state index contributed by atoms with van der Waals surface area (Å²) in [6, 6.07) is 24.2. The molecule has 0 spiro atoms. The van der Waals surface area contributed by atoms with Gasteiger partial charge in [-0.15, -0.1) is 0 Å². The average Bonchev–Trinajstić information content (AvgIpc) is 2.73. The van der Waals surface area contributed by atoms with Gasteiger partial charge in [-0.2, -0.15) is 0 Å². The van der Waals surface area contributed by atoms with Crippen LogP contribution in [0.3, 0.4) is 0 Å². The molecule has 0 unspecified atom stereocenters. The molecular weight excluding hydrogens is 406 g/mol. The van der Waals surface area contributed by atoms with Crippen LogP contribution in [0, 0.1) is 0 Å². The van der Waals surface area contributed by atoms with E-state index in [1.165, 1.54) is 0 Å². The average molecular weight is 432 g/mol. The largest absolute Gasteiger partial charge is 0.347 e. The molecule has 0 saturated carbocycles. The number of anilines is 1. The Kier molecular flexibility index (Phi) is 6.82. The third-order valence-electron chi connectivity index (χ3n) is 4.35. The van der Waals surface area contributed by atoms with Crippen LogP contribution in [-0.4, -0.2) is 22.5 Å². The minimum Gasteiger partial charge on any atom is -0.347 e. The normalized spacial score (nSPS) is 10.8. The Hall–Kier alpha value is -3.51. The Labute approximate surface area is 187 Å². The van der Waals surface area contributed by atoms with E-state index in [1.807, 2.05) is 63.2 Å². The molecule has 0 bridgehead atoms. The highest BCUT2D eigenvalue weighted by atomic mass is 32.1. The predicted molar refractivity (Wildman–Crippen MR) is 129 cm³/mol. The number of carbonyl (C=O) groups is 2. The summed E-state index contributed by atoms with van der Waals surface area (Å²) < 4.78 is 0. The van der Waals surface area contributed by atoms with Gasteiger partial charge < -0.3 is 10.6 Å². The van der Waals surface area contributed by atoms with Crippen LogP contribution in [0.2, 0.25) is 0 Å². The second-order valence-corrected chi connectivity index (χ2v) is 8.54. The molecule has 0 aliphatic heterocycles. The quantitative estimate of drug-likeness (QED) is 0.508. The van der Waals surface area contributed by atoms with Crippen molar-refractivity contribution in [2.75, 3.05) is 5.32 Å². The Morgan fingerprint density at radius 2 is 1.39 bits per heavy atom. The Bertz CT molecular complexity index is 1090. The number of nitrogens with one attached hydrogen (secondary N) is 3. The van der Waals surface area contributed by atoms with Crippen molar-refractivity contribution in [3.8, 4) is 11.1 Å². The number of hydrogen-bond acceptors (Lipinski definition) is 3. The summed E-state index contributed by atoms with van der Waals surface area (Å²) in [6.45, 7) is 5.76. The maximum absolute atomic E-state index is 12.5. The molecule has 0 aliphatic carbocycles. The van der Waals surface area contributed by atoms with E-state index in [4.69, 9.17) is 12.2 Å². The minimum absolute atomic E-state index is 0.158. The summed E-state index contributed by atoms with van der Waals surface area (Å²) in [5.41, 5.74) is 3.41. The van der Waals surface area contributed by atoms with E-state index in [0.717, 1.165) is 11.1 Å². The highest BCUT2D eigenvalue weighted by Crippen LogP contribution is 2.19. The van der Waals surface area contributed by atoms with Crippen molar-refractivity contribution in [1.82, 2.24) is 10.6 Å². The van der Waals surface area contributed by atoms with Gasteiger partial charge in [0.15, 0.2) is 5.11 Å². The van der Waals surface area contributed by atoms with Gasteiger partial charge in [0, 0.05) is 22.4 Å². The fourth-order valence-electron chi connectivity index (χ4n) is 2.93. The van der Waals surface area contributed by atoms with Gasteiger partial charge in [-0.05, 0) is 74.4 Å². The molecule has 0 atom stereocenters. The molecule has 0 aromatic heterocycles. The minimum atomic E-state index is -0.333. The SMILES string of the molecule is CC(C)(C)NC(=O)c1cccc(NC(=S)NC(=O)c2ccc(-c3ccccc3)cc2)c1. The first-order valence-corrected chi connectivity index (χ1v) is 10.3. The summed E-state index contributed by atoms with van der Waals surface area (Å²) in [4.78, 5) is 24.9. The van der Waals surface area contributed by atoms with Crippen LogP contribution in [0.1, 0.15) is 41.5 Å². The lowest BCUT2D eigenvalue weighted by Gasteiger charge is -2.20. The van der Waals surface area contributed by atoms with Gasteiger partial charge in [0.2, 0.25) is 0 Å². The van der Waals surface area contributed by atoms with Crippen LogP contribution in [0.4, 0.5) is 5.69 Å². The molecule has 0 heterocycles. The Morgan fingerprint density at radius 1 is 0.742 bits per heavy atom. The van der Waals surface area contributed by atoms with Crippen molar-refractivity contribution >= 4 is 34.8 Å². The van der Waals surface area contributed by atoms with E-state index in [9.17, 15) is 9.59 Å². The van der Waals surface area contributed by atoms with E-state index in [2.05, 4.69) is 16.0 Å². The standard InChI is InChI=1S/C25H25N3O2S/c1-25(2,3)28-23(30)20-10-7-11-21(16-20)26-24(31)27-22(29)19-14-12-18(13-15-19)17-8-5-4-6-9-17/h4-16H,1-3H3,(H,28,30)(H2,26,27,29,31). The Balaban J connectivity index is 1.61. The van der Waals surface area contributed by atoms with Crippen molar-refractivity contribution in [2.45, 2.75) is 26.3 Å². The van der Waals surface area contributed by atoms with Gasteiger partial charge in [-0.25, -0.2) is 0 Å². The van der Waals surface area contributed by atoms with Crippen molar-refractivity contribution in [3.05, 3.63) is 90.0 Å². The van der Waals surface area contributed by atoms with Crippen LogP contribution >= 0.6 is 12.2 Å². The highest BCUT2D eigenvalue weighted by Gasteiger charge is 2.16. The Morgan fingerprint density at radius 3 is 2.03 bits per heavy atom.